The van der Waals surface area contributed by atoms with Crippen molar-refractivity contribution in [1.29, 1.82) is 5.26 Å². The first-order valence-corrected chi connectivity index (χ1v) is 7.10. The Morgan fingerprint density at radius 2 is 2.44 bits per heavy atom. The standard InChI is InChI=1S/C11H13ClN4OS/c12-10-6(4-13)18-11(16-10)15-8-7(14)5-2-1-3-17-9(5)8/h5,7-9H,1-3,14H2,(H,15,16). The lowest BCUT2D eigenvalue weighted by molar-refractivity contribution is -0.104. The summed E-state index contributed by atoms with van der Waals surface area (Å²) in [4.78, 5) is 4.54. The van der Waals surface area contributed by atoms with Gasteiger partial charge in [0, 0.05) is 18.6 Å². The molecule has 1 aromatic rings. The third-order valence-electron chi connectivity index (χ3n) is 3.65. The van der Waals surface area contributed by atoms with Gasteiger partial charge in [-0.05, 0) is 12.8 Å². The Labute approximate surface area is 114 Å². The van der Waals surface area contributed by atoms with Gasteiger partial charge in [0.15, 0.2) is 10.3 Å². The minimum absolute atomic E-state index is 0.0732. The molecule has 0 spiro atoms. The zero-order valence-corrected chi connectivity index (χ0v) is 11.2. The molecule has 1 aromatic heterocycles. The first kappa shape index (κ1) is 12.2. The molecule has 1 saturated heterocycles. The van der Waals surface area contributed by atoms with E-state index >= 15 is 0 Å². The molecule has 96 valence electrons. The molecule has 0 bridgehead atoms. The second-order valence-corrected chi connectivity index (χ2v) is 6.00. The maximum absolute atomic E-state index is 8.84. The fourth-order valence-corrected chi connectivity index (χ4v) is 3.69. The van der Waals surface area contributed by atoms with Crippen molar-refractivity contribution in [3.8, 4) is 6.07 Å². The molecule has 0 radical (unpaired) electrons. The molecular formula is C11H13ClN4OS. The van der Waals surface area contributed by atoms with Gasteiger partial charge in [-0.1, -0.05) is 22.9 Å². The van der Waals surface area contributed by atoms with Crippen molar-refractivity contribution in [1.82, 2.24) is 4.98 Å². The maximum atomic E-state index is 8.84. The van der Waals surface area contributed by atoms with E-state index in [1.165, 1.54) is 11.3 Å². The van der Waals surface area contributed by atoms with Gasteiger partial charge in [0.2, 0.25) is 0 Å². The topological polar surface area (TPSA) is 84.0 Å². The summed E-state index contributed by atoms with van der Waals surface area (Å²) < 4.78 is 5.73. The zero-order valence-electron chi connectivity index (χ0n) is 9.60. The van der Waals surface area contributed by atoms with E-state index in [2.05, 4.69) is 10.3 Å². The van der Waals surface area contributed by atoms with Crippen LogP contribution in [0.15, 0.2) is 0 Å². The molecule has 4 unspecified atom stereocenters. The van der Waals surface area contributed by atoms with Crippen LogP contribution >= 0.6 is 22.9 Å². The number of anilines is 1. The van der Waals surface area contributed by atoms with E-state index in [1.807, 2.05) is 6.07 Å². The number of halogens is 1. The Morgan fingerprint density at radius 3 is 3.17 bits per heavy atom. The SMILES string of the molecule is N#Cc1sc(NC2C(N)C3CCCOC32)nc1Cl. The fraction of sp³-hybridized carbons (Fsp3) is 0.636. The van der Waals surface area contributed by atoms with Crippen LogP contribution in [0.2, 0.25) is 5.15 Å². The van der Waals surface area contributed by atoms with Gasteiger partial charge in [-0.25, -0.2) is 4.98 Å². The van der Waals surface area contributed by atoms with Crippen LogP contribution in [0.3, 0.4) is 0 Å². The van der Waals surface area contributed by atoms with E-state index in [1.54, 1.807) is 0 Å². The van der Waals surface area contributed by atoms with Crippen LogP contribution in [-0.4, -0.2) is 29.8 Å². The van der Waals surface area contributed by atoms with Crippen LogP contribution in [0, 0.1) is 17.2 Å². The molecule has 18 heavy (non-hydrogen) atoms. The summed E-state index contributed by atoms with van der Waals surface area (Å²) in [6, 6.07) is 2.17. The highest BCUT2D eigenvalue weighted by Gasteiger charge is 2.50. The van der Waals surface area contributed by atoms with Crippen LogP contribution in [0.1, 0.15) is 17.7 Å². The number of fused-ring (bicyclic) bond motifs is 1. The van der Waals surface area contributed by atoms with Crippen molar-refractivity contribution < 1.29 is 4.74 Å². The summed E-state index contributed by atoms with van der Waals surface area (Å²) in [6.45, 7) is 0.800. The highest BCUT2D eigenvalue weighted by molar-refractivity contribution is 7.16. The number of nitrogens with one attached hydrogen (secondary N) is 1. The van der Waals surface area contributed by atoms with Crippen molar-refractivity contribution in [2.45, 2.75) is 31.0 Å². The van der Waals surface area contributed by atoms with E-state index < -0.39 is 0 Å². The molecule has 3 N–H and O–H groups in total. The van der Waals surface area contributed by atoms with Crippen LogP contribution in [0.25, 0.3) is 0 Å². The quantitative estimate of drug-likeness (QED) is 0.861. The average Bonchev–Trinajstić information content (AvgIpc) is 2.76. The number of hydrogen-bond acceptors (Lipinski definition) is 6. The third-order valence-corrected chi connectivity index (χ3v) is 4.93. The van der Waals surface area contributed by atoms with E-state index in [9.17, 15) is 0 Å². The van der Waals surface area contributed by atoms with E-state index in [0.717, 1.165) is 19.4 Å². The number of hydrogen-bond donors (Lipinski definition) is 2. The smallest absolute Gasteiger partial charge is 0.185 e. The minimum atomic E-state index is 0.0732. The predicted molar refractivity (Wildman–Crippen MR) is 69.7 cm³/mol. The Morgan fingerprint density at radius 1 is 1.61 bits per heavy atom. The van der Waals surface area contributed by atoms with Crippen LogP contribution in [0.5, 0.6) is 0 Å². The second kappa shape index (κ2) is 4.67. The number of aromatic nitrogens is 1. The molecule has 1 aliphatic carbocycles. The Hall–Kier alpha value is -0.870. The van der Waals surface area contributed by atoms with Gasteiger partial charge < -0.3 is 15.8 Å². The highest BCUT2D eigenvalue weighted by atomic mass is 35.5. The van der Waals surface area contributed by atoms with Crippen LogP contribution < -0.4 is 11.1 Å². The predicted octanol–water partition coefficient (Wildman–Crippen LogP) is 1.58. The summed E-state index contributed by atoms with van der Waals surface area (Å²) >= 11 is 7.09. The molecule has 1 aliphatic heterocycles. The van der Waals surface area contributed by atoms with Crippen molar-refractivity contribution in [3.63, 3.8) is 0 Å². The lowest BCUT2D eigenvalue weighted by atomic mass is 9.69. The molecule has 2 aliphatic rings. The lowest BCUT2D eigenvalue weighted by Gasteiger charge is -2.52. The number of nitrogens with zero attached hydrogens (tertiary/aromatic N) is 2. The van der Waals surface area contributed by atoms with E-state index in [0.29, 0.717) is 15.9 Å². The summed E-state index contributed by atoms with van der Waals surface area (Å²) in [5, 5.41) is 13.0. The van der Waals surface area contributed by atoms with E-state index in [-0.39, 0.29) is 23.3 Å². The van der Waals surface area contributed by atoms with Crippen molar-refractivity contribution in [3.05, 3.63) is 10.0 Å². The van der Waals surface area contributed by atoms with Gasteiger partial charge in [0.25, 0.3) is 0 Å². The summed E-state index contributed by atoms with van der Waals surface area (Å²) in [5.74, 6) is 0.446. The summed E-state index contributed by atoms with van der Waals surface area (Å²) in [5.41, 5.74) is 6.14. The number of nitriles is 1. The molecule has 3 rings (SSSR count). The molecule has 2 fully saturated rings. The van der Waals surface area contributed by atoms with Gasteiger partial charge in [-0.3, -0.25) is 0 Å². The molecular weight excluding hydrogens is 272 g/mol. The number of ether oxygens (including phenoxy) is 1. The molecule has 0 aromatic carbocycles. The normalized spacial score (nSPS) is 34.3. The molecule has 0 amide bonds. The molecule has 4 atom stereocenters. The summed E-state index contributed by atoms with van der Waals surface area (Å²) in [6.07, 6.45) is 2.39. The largest absolute Gasteiger partial charge is 0.376 e. The van der Waals surface area contributed by atoms with Crippen molar-refractivity contribution in [2.24, 2.45) is 11.7 Å². The molecule has 2 heterocycles. The average molecular weight is 285 g/mol. The Balaban J connectivity index is 1.71. The highest BCUT2D eigenvalue weighted by Crippen LogP contribution is 2.39. The van der Waals surface area contributed by atoms with Crippen molar-refractivity contribution >= 4 is 28.1 Å². The molecule has 5 nitrogen and oxygen atoms in total. The molecule has 7 heteroatoms. The first-order chi connectivity index (χ1) is 8.70. The monoisotopic (exact) mass is 284 g/mol. The second-order valence-electron chi connectivity index (χ2n) is 4.64. The van der Waals surface area contributed by atoms with Crippen LogP contribution in [-0.2, 0) is 4.74 Å². The zero-order chi connectivity index (χ0) is 12.7. The van der Waals surface area contributed by atoms with Crippen molar-refractivity contribution in [2.75, 3.05) is 11.9 Å². The Bertz CT molecular complexity index is 500. The molecule has 1 saturated carbocycles. The van der Waals surface area contributed by atoms with Gasteiger partial charge in [0.1, 0.15) is 10.9 Å². The number of thiazole rings is 1. The third kappa shape index (κ3) is 1.88. The first-order valence-electron chi connectivity index (χ1n) is 5.91. The van der Waals surface area contributed by atoms with E-state index in [4.69, 9.17) is 27.3 Å². The lowest BCUT2D eigenvalue weighted by Crippen LogP contribution is -2.69. The van der Waals surface area contributed by atoms with Crippen LogP contribution in [0.4, 0.5) is 5.13 Å². The van der Waals surface area contributed by atoms with Gasteiger partial charge >= 0.3 is 0 Å². The summed E-state index contributed by atoms with van der Waals surface area (Å²) in [7, 11) is 0. The maximum Gasteiger partial charge on any atom is 0.185 e. The van der Waals surface area contributed by atoms with Gasteiger partial charge in [-0.2, -0.15) is 5.26 Å². The van der Waals surface area contributed by atoms with Gasteiger partial charge in [-0.15, -0.1) is 0 Å². The number of rotatable bonds is 2. The van der Waals surface area contributed by atoms with Gasteiger partial charge in [0.05, 0.1) is 12.1 Å². The Kier molecular flexibility index (Phi) is 3.16. The fourth-order valence-electron chi connectivity index (χ4n) is 2.70. The minimum Gasteiger partial charge on any atom is -0.376 e. The number of nitrogens with two attached hydrogens (primary N) is 1.